The number of carbonyl (C=O) groups is 2. The molecule has 2 fully saturated rings. The molecule has 0 spiro atoms. The maximum atomic E-state index is 12.5. The molecule has 2 aliphatic rings. The number of hydrogen-bond donors (Lipinski definition) is 2. The van der Waals surface area contributed by atoms with Gasteiger partial charge in [0, 0.05) is 19.1 Å². The maximum absolute atomic E-state index is 12.5. The van der Waals surface area contributed by atoms with E-state index in [2.05, 4.69) is 5.32 Å². The Bertz CT molecular complexity index is 393. The van der Waals surface area contributed by atoms with Crippen molar-refractivity contribution in [1.82, 2.24) is 10.2 Å². The van der Waals surface area contributed by atoms with Gasteiger partial charge in [0.15, 0.2) is 0 Å². The molecule has 1 aliphatic heterocycles. The Morgan fingerprint density at radius 3 is 2.48 bits per heavy atom. The van der Waals surface area contributed by atoms with Gasteiger partial charge in [0.25, 0.3) is 0 Å². The topological polar surface area (TPSA) is 69.6 Å². The Hall–Kier alpha value is -1.26. The number of nitrogens with one attached hydrogen (secondary N) is 1. The van der Waals surface area contributed by atoms with Gasteiger partial charge in [-0.25, -0.2) is 4.79 Å². The lowest BCUT2D eigenvalue weighted by atomic mass is 9.82. The fourth-order valence-electron chi connectivity index (χ4n) is 3.93. The lowest BCUT2D eigenvalue weighted by molar-refractivity contribution is -0.149. The van der Waals surface area contributed by atoms with Crippen molar-refractivity contribution in [3.63, 3.8) is 0 Å². The van der Waals surface area contributed by atoms with Gasteiger partial charge in [-0.1, -0.05) is 20.3 Å². The highest BCUT2D eigenvalue weighted by Crippen LogP contribution is 2.36. The highest BCUT2D eigenvalue weighted by molar-refractivity contribution is 5.78. The first-order valence-electron chi connectivity index (χ1n) is 8.32. The van der Waals surface area contributed by atoms with Gasteiger partial charge in [0.2, 0.25) is 0 Å². The third kappa shape index (κ3) is 3.16. The molecule has 2 amide bonds. The summed E-state index contributed by atoms with van der Waals surface area (Å²) in [5.41, 5.74) is -0.833. The molecule has 2 N–H and O–H groups in total. The molecule has 1 saturated carbocycles. The Balaban J connectivity index is 1.96. The molecule has 120 valence electrons. The normalized spacial score (nSPS) is 25.5. The molecule has 5 nitrogen and oxygen atoms in total. The summed E-state index contributed by atoms with van der Waals surface area (Å²) in [6.45, 7) is 4.78. The number of aliphatic carboxylic acids is 1. The molecule has 0 bridgehead atoms. The predicted molar refractivity (Wildman–Crippen MR) is 81.1 cm³/mol. The number of rotatable bonds is 5. The van der Waals surface area contributed by atoms with Crippen LogP contribution in [0.4, 0.5) is 4.79 Å². The van der Waals surface area contributed by atoms with Gasteiger partial charge in [-0.05, 0) is 44.4 Å². The summed E-state index contributed by atoms with van der Waals surface area (Å²) >= 11 is 0. The number of nitrogens with zero attached hydrogens (tertiary/aromatic N) is 1. The first-order valence-corrected chi connectivity index (χ1v) is 8.32. The number of hydrogen-bond acceptors (Lipinski definition) is 2. The standard InChI is InChI=1S/C16H28N2O3/c1-3-16(4-2,14(19)20)11-17-15(21)18-10-6-8-12-7-5-9-13(12)18/h12-13H,3-11H2,1-2H3,(H,17,21)(H,19,20). The number of fused-ring (bicyclic) bond motifs is 1. The van der Waals surface area contributed by atoms with Gasteiger partial charge >= 0.3 is 12.0 Å². The van der Waals surface area contributed by atoms with E-state index in [1.54, 1.807) is 0 Å². The molecule has 1 saturated heterocycles. The van der Waals surface area contributed by atoms with Crippen molar-refractivity contribution in [2.75, 3.05) is 13.1 Å². The lowest BCUT2D eigenvalue weighted by Crippen LogP contribution is -2.53. The summed E-state index contributed by atoms with van der Waals surface area (Å²) < 4.78 is 0. The molecular weight excluding hydrogens is 268 g/mol. The molecule has 1 aliphatic carbocycles. The van der Waals surface area contributed by atoms with Gasteiger partial charge in [-0.15, -0.1) is 0 Å². The molecule has 0 aromatic rings. The number of carbonyl (C=O) groups excluding carboxylic acids is 1. The number of piperidine rings is 1. The molecular formula is C16H28N2O3. The fraction of sp³-hybridized carbons (Fsp3) is 0.875. The smallest absolute Gasteiger partial charge is 0.317 e. The third-order valence-corrected chi connectivity index (χ3v) is 5.64. The molecule has 2 atom stereocenters. The van der Waals surface area contributed by atoms with Gasteiger partial charge in [-0.3, -0.25) is 4.79 Å². The van der Waals surface area contributed by atoms with E-state index in [-0.39, 0.29) is 12.6 Å². The minimum Gasteiger partial charge on any atom is -0.481 e. The van der Waals surface area contributed by atoms with Crippen LogP contribution < -0.4 is 5.32 Å². The molecule has 0 aromatic heterocycles. The van der Waals surface area contributed by atoms with Gasteiger partial charge in [-0.2, -0.15) is 0 Å². The zero-order valence-corrected chi connectivity index (χ0v) is 13.2. The highest BCUT2D eigenvalue weighted by atomic mass is 16.4. The second-order valence-electron chi connectivity index (χ2n) is 6.55. The first kappa shape index (κ1) is 16.1. The fourth-order valence-corrected chi connectivity index (χ4v) is 3.93. The van der Waals surface area contributed by atoms with Crippen molar-refractivity contribution in [2.45, 2.75) is 64.8 Å². The van der Waals surface area contributed by atoms with Crippen LogP contribution in [0.2, 0.25) is 0 Å². The second kappa shape index (κ2) is 6.67. The number of urea groups is 1. The quantitative estimate of drug-likeness (QED) is 0.819. The van der Waals surface area contributed by atoms with E-state index in [9.17, 15) is 14.7 Å². The average Bonchev–Trinajstić information content (AvgIpc) is 2.96. The zero-order valence-electron chi connectivity index (χ0n) is 13.2. The summed E-state index contributed by atoms with van der Waals surface area (Å²) in [7, 11) is 0. The lowest BCUT2D eigenvalue weighted by Gasteiger charge is -2.38. The van der Waals surface area contributed by atoms with E-state index < -0.39 is 11.4 Å². The van der Waals surface area contributed by atoms with Crippen LogP contribution in [0, 0.1) is 11.3 Å². The monoisotopic (exact) mass is 296 g/mol. The van der Waals surface area contributed by atoms with Crippen LogP contribution >= 0.6 is 0 Å². The molecule has 0 radical (unpaired) electrons. The summed E-state index contributed by atoms with van der Waals surface area (Å²) in [5, 5.41) is 12.3. The van der Waals surface area contributed by atoms with Crippen molar-refractivity contribution in [3.8, 4) is 0 Å². The van der Waals surface area contributed by atoms with Crippen LogP contribution in [0.25, 0.3) is 0 Å². The SMILES string of the molecule is CCC(CC)(CNC(=O)N1CCCC2CCCC21)C(=O)O. The molecule has 2 unspecified atom stereocenters. The first-order chi connectivity index (χ1) is 10.0. The van der Waals surface area contributed by atoms with Gasteiger partial charge in [0.05, 0.1) is 5.41 Å². The minimum absolute atomic E-state index is 0.0703. The molecule has 2 rings (SSSR count). The number of likely N-dealkylation sites (tertiary alicyclic amines) is 1. The van der Waals surface area contributed by atoms with Crippen LogP contribution in [-0.2, 0) is 4.79 Å². The molecule has 21 heavy (non-hydrogen) atoms. The predicted octanol–water partition coefficient (Wildman–Crippen LogP) is 2.85. The van der Waals surface area contributed by atoms with Crippen LogP contribution in [0.5, 0.6) is 0 Å². The summed E-state index contributed by atoms with van der Waals surface area (Å²) in [6, 6.07) is 0.306. The third-order valence-electron chi connectivity index (χ3n) is 5.64. The van der Waals surface area contributed by atoms with Crippen molar-refractivity contribution in [2.24, 2.45) is 11.3 Å². The highest BCUT2D eigenvalue weighted by Gasteiger charge is 2.39. The van der Waals surface area contributed by atoms with E-state index in [0.717, 1.165) is 19.4 Å². The van der Waals surface area contributed by atoms with Crippen LogP contribution in [-0.4, -0.2) is 41.1 Å². The second-order valence-corrected chi connectivity index (χ2v) is 6.55. The average molecular weight is 296 g/mol. The maximum Gasteiger partial charge on any atom is 0.317 e. The zero-order chi connectivity index (χ0) is 15.5. The van der Waals surface area contributed by atoms with E-state index in [0.29, 0.717) is 24.8 Å². The number of carboxylic acid groups (broad SMARTS) is 1. The van der Waals surface area contributed by atoms with Crippen molar-refractivity contribution < 1.29 is 14.7 Å². The van der Waals surface area contributed by atoms with Crippen LogP contribution in [0.15, 0.2) is 0 Å². The number of amides is 2. The van der Waals surface area contributed by atoms with Gasteiger partial charge in [0.1, 0.15) is 0 Å². The largest absolute Gasteiger partial charge is 0.481 e. The Labute approximate surface area is 127 Å². The van der Waals surface area contributed by atoms with E-state index >= 15 is 0 Å². The number of carboxylic acids is 1. The molecule has 1 heterocycles. The Kier molecular flexibility index (Phi) is 5.12. The minimum atomic E-state index is -0.833. The Morgan fingerprint density at radius 2 is 1.86 bits per heavy atom. The van der Waals surface area contributed by atoms with Crippen LogP contribution in [0.3, 0.4) is 0 Å². The molecule has 0 aromatic carbocycles. The van der Waals surface area contributed by atoms with E-state index in [1.807, 2.05) is 18.7 Å². The summed E-state index contributed by atoms with van der Waals surface area (Å²) in [4.78, 5) is 25.9. The van der Waals surface area contributed by atoms with E-state index in [1.165, 1.54) is 19.3 Å². The summed E-state index contributed by atoms with van der Waals surface area (Å²) in [6.07, 6.45) is 6.91. The summed E-state index contributed by atoms with van der Waals surface area (Å²) in [5.74, 6) is -0.156. The van der Waals surface area contributed by atoms with Crippen molar-refractivity contribution >= 4 is 12.0 Å². The van der Waals surface area contributed by atoms with Crippen LogP contribution in [0.1, 0.15) is 58.8 Å². The van der Waals surface area contributed by atoms with Crippen molar-refractivity contribution in [1.29, 1.82) is 0 Å². The molecule has 5 heteroatoms. The van der Waals surface area contributed by atoms with E-state index in [4.69, 9.17) is 0 Å². The van der Waals surface area contributed by atoms with Gasteiger partial charge < -0.3 is 15.3 Å². The Morgan fingerprint density at radius 1 is 1.19 bits per heavy atom. The van der Waals surface area contributed by atoms with Crippen molar-refractivity contribution in [3.05, 3.63) is 0 Å².